The topological polar surface area (TPSA) is 37.3 Å². The molecule has 0 saturated carbocycles. The number of unbranched alkanes of at least 4 members (excludes halogenated alkanes) is 7. The molecule has 0 amide bonds. The van der Waals surface area contributed by atoms with E-state index in [1.54, 1.807) is 0 Å². The van der Waals surface area contributed by atoms with Gasteiger partial charge in [-0.05, 0) is 12.3 Å². The van der Waals surface area contributed by atoms with Gasteiger partial charge in [0.25, 0.3) is 0 Å². The molecule has 0 fully saturated rings. The molecule has 0 heterocycles. The Bertz CT molecular complexity index is 231. The van der Waals surface area contributed by atoms with Crippen LogP contribution in [-0.2, 0) is 4.79 Å². The number of rotatable bonds is 14. The van der Waals surface area contributed by atoms with Crippen molar-refractivity contribution in [2.45, 2.75) is 96.3 Å². The van der Waals surface area contributed by atoms with E-state index < -0.39 is 11.3 Å². The summed E-state index contributed by atoms with van der Waals surface area (Å²) in [7, 11) is 0. The Labute approximate surface area is 130 Å². The Morgan fingerprint density at radius 1 is 0.900 bits per heavy atom. The summed E-state index contributed by atoms with van der Waals surface area (Å²) >= 11 is 5.70. The lowest BCUT2D eigenvalue weighted by Crippen LogP contribution is -2.13. The lowest BCUT2D eigenvalue weighted by atomic mass is 9.96. The van der Waals surface area contributed by atoms with Crippen LogP contribution in [-0.4, -0.2) is 16.5 Å². The Morgan fingerprint density at radius 3 is 1.95 bits per heavy atom. The van der Waals surface area contributed by atoms with Crippen molar-refractivity contribution in [3.05, 3.63) is 0 Å². The van der Waals surface area contributed by atoms with Crippen LogP contribution in [0.4, 0.5) is 0 Å². The van der Waals surface area contributed by atoms with Crippen molar-refractivity contribution in [1.82, 2.24) is 0 Å². The third-order valence-electron chi connectivity index (χ3n) is 3.97. The summed E-state index contributed by atoms with van der Waals surface area (Å²) in [5, 5.41) is 7.99. The molecule has 0 saturated heterocycles. The highest BCUT2D eigenvalue weighted by atomic mass is 35.5. The van der Waals surface area contributed by atoms with Gasteiger partial charge in [0.05, 0.1) is 0 Å². The van der Waals surface area contributed by atoms with Gasteiger partial charge in [-0.1, -0.05) is 84.5 Å². The first-order chi connectivity index (χ1) is 9.57. The highest BCUT2D eigenvalue weighted by Gasteiger charge is 2.13. The maximum Gasteiger partial charge on any atom is 0.321 e. The molecule has 120 valence electrons. The number of hydrogen-bond acceptors (Lipinski definition) is 1. The minimum Gasteiger partial charge on any atom is -0.480 e. The number of carboxylic acid groups (broad SMARTS) is 1. The smallest absolute Gasteiger partial charge is 0.321 e. The average molecular weight is 305 g/mol. The molecule has 2 unspecified atom stereocenters. The first kappa shape index (κ1) is 19.8. The molecule has 0 spiro atoms. The molecule has 0 aliphatic carbocycles. The average Bonchev–Trinajstić information content (AvgIpc) is 2.41. The molecule has 0 radical (unpaired) electrons. The SMILES string of the molecule is CCCCCCCCCCC(C)CCCC(Cl)C(=O)O. The van der Waals surface area contributed by atoms with Gasteiger partial charge >= 0.3 is 5.97 Å². The minimum atomic E-state index is -0.887. The zero-order valence-corrected chi connectivity index (χ0v) is 14.1. The standard InChI is InChI=1S/C17H33ClO2/c1-3-4-5-6-7-8-9-10-12-15(2)13-11-14-16(18)17(19)20/h15-16H,3-14H2,1-2H3,(H,19,20). The largest absolute Gasteiger partial charge is 0.480 e. The van der Waals surface area contributed by atoms with Crippen LogP contribution < -0.4 is 0 Å². The lowest BCUT2D eigenvalue weighted by Gasteiger charge is -2.11. The zero-order valence-electron chi connectivity index (χ0n) is 13.4. The van der Waals surface area contributed by atoms with E-state index in [9.17, 15) is 4.79 Å². The third kappa shape index (κ3) is 12.8. The van der Waals surface area contributed by atoms with E-state index in [0.29, 0.717) is 12.3 Å². The Kier molecular flexibility index (Phi) is 13.6. The predicted octanol–water partition coefficient (Wildman–Crippen LogP) is 6.02. The van der Waals surface area contributed by atoms with Gasteiger partial charge in [-0.25, -0.2) is 0 Å². The number of aliphatic carboxylic acids is 1. The van der Waals surface area contributed by atoms with Gasteiger partial charge in [-0.2, -0.15) is 0 Å². The van der Waals surface area contributed by atoms with Crippen LogP contribution in [0.25, 0.3) is 0 Å². The molecule has 0 aromatic rings. The minimum absolute atomic E-state index is 0.596. The molecule has 1 N–H and O–H groups in total. The van der Waals surface area contributed by atoms with E-state index in [-0.39, 0.29) is 0 Å². The maximum atomic E-state index is 10.6. The molecule has 0 aromatic heterocycles. The van der Waals surface area contributed by atoms with Gasteiger partial charge in [0.15, 0.2) is 0 Å². The number of halogens is 1. The summed E-state index contributed by atoms with van der Waals surface area (Å²) in [4.78, 5) is 10.6. The monoisotopic (exact) mass is 304 g/mol. The Morgan fingerprint density at radius 2 is 1.40 bits per heavy atom. The predicted molar refractivity (Wildman–Crippen MR) is 87.5 cm³/mol. The summed E-state index contributed by atoms with van der Waals surface area (Å²) in [6.45, 7) is 4.52. The van der Waals surface area contributed by atoms with E-state index in [4.69, 9.17) is 16.7 Å². The van der Waals surface area contributed by atoms with Crippen LogP contribution in [0.3, 0.4) is 0 Å². The number of alkyl halides is 1. The fourth-order valence-corrected chi connectivity index (χ4v) is 2.69. The van der Waals surface area contributed by atoms with Crippen molar-refractivity contribution >= 4 is 17.6 Å². The first-order valence-electron chi connectivity index (χ1n) is 8.44. The highest BCUT2D eigenvalue weighted by molar-refractivity contribution is 6.29. The second kappa shape index (κ2) is 13.7. The second-order valence-corrected chi connectivity index (χ2v) is 6.63. The highest BCUT2D eigenvalue weighted by Crippen LogP contribution is 2.19. The third-order valence-corrected chi connectivity index (χ3v) is 4.38. The van der Waals surface area contributed by atoms with Gasteiger partial charge < -0.3 is 5.11 Å². The summed E-state index contributed by atoms with van der Waals surface area (Å²) in [6.07, 6.45) is 14.8. The van der Waals surface area contributed by atoms with Gasteiger partial charge in [0.2, 0.25) is 0 Å². The van der Waals surface area contributed by atoms with Crippen LogP contribution in [0, 0.1) is 5.92 Å². The van der Waals surface area contributed by atoms with E-state index in [1.807, 2.05) is 0 Å². The zero-order chi connectivity index (χ0) is 15.2. The summed E-state index contributed by atoms with van der Waals surface area (Å²) in [5.41, 5.74) is 0. The Hall–Kier alpha value is -0.240. The summed E-state index contributed by atoms with van der Waals surface area (Å²) in [6, 6.07) is 0. The molecular weight excluding hydrogens is 272 g/mol. The van der Waals surface area contributed by atoms with Crippen LogP contribution in [0.15, 0.2) is 0 Å². The van der Waals surface area contributed by atoms with Crippen molar-refractivity contribution in [2.24, 2.45) is 5.92 Å². The molecular formula is C17H33ClO2. The summed E-state index contributed by atoms with van der Waals surface area (Å²) in [5.74, 6) is -0.185. The van der Waals surface area contributed by atoms with Crippen LogP contribution >= 0.6 is 11.6 Å². The molecule has 3 heteroatoms. The van der Waals surface area contributed by atoms with E-state index in [1.165, 1.54) is 57.8 Å². The van der Waals surface area contributed by atoms with Crippen molar-refractivity contribution in [1.29, 1.82) is 0 Å². The van der Waals surface area contributed by atoms with Crippen molar-refractivity contribution in [3.8, 4) is 0 Å². The van der Waals surface area contributed by atoms with E-state index >= 15 is 0 Å². The number of carbonyl (C=O) groups is 1. The van der Waals surface area contributed by atoms with E-state index in [2.05, 4.69) is 13.8 Å². The number of carboxylic acids is 1. The maximum absolute atomic E-state index is 10.6. The molecule has 20 heavy (non-hydrogen) atoms. The molecule has 0 aliphatic heterocycles. The van der Waals surface area contributed by atoms with Crippen molar-refractivity contribution in [2.75, 3.05) is 0 Å². The number of hydrogen-bond donors (Lipinski definition) is 1. The fraction of sp³-hybridized carbons (Fsp3) is 0.941. The van der Waals surface area contributed by atoms with Gasteiger partial charge in [0.1, 0.15) is 5.38 Å². The molecule has 2 nitrogen and oxygen atoms in total. The normalized spacial score (nSPS) is 14.2. The van der Waals surface area contributed by atoms with Crippen molar-refractivity contribution in [3.63, 3.8) is 0 Å². The second-order valence-electron chi connectivity index (χ2n) is 6.11. The molecule has 0 aromatic carbocycles. The molecule has 2 atom stereocenters. The van der Waals surface area contributed by atoms with Crippen molar-refractivity contribution < 1.29 is 9.90 Å². The molecule has 0 bridgehead atoms. The molecule has 0 aliphatic rings. The first-order valence-corrected chi connectivity index (χ1v) is 8.88. The van der Waals surface area contributed by atoms with Gasteiger partial charge in [-0.15, -0.1) is 11.6 Å². The Balaban J connectivity index is 3.28. The van der Waals surface area contributed by atoms with Gasteiger partial charge in [0, 0.05) is 0 Å². The van der Waals surface area contributed by atoms with Gasteiger partial charge in [-0.3, -0.25) is 4.79 Å². The summed E-state index contributed by atoms with van der Waals surface area (Å²) < 4.78 is 0. The fourth-order valence-electron chi connectivity index (χ4n) is 2.54. The van der Waals surface area contributed by atoms with Crippen LogP contribution in [0.5, 0.6) is 0 Å². The van der Waals surface area contributed by atoms with E-state index in [0.717, 1.165) is 12.8 Å². The van der Waals surface area contributed by atoms with Crippen LogP contribution in [0.2, 0.25) is 0 Å². The lowest BCUT2D eigenvalue weighted by molar-refractivity contribution is -0.136. The quantitative estimate of drug-likeness (QED) is 0.315. The molecule has 0 rings (SSSR count). The van der Waals surface area contributed by atoms with Crippen LogP contribution in [0.1, 0.15) is 90.9 Å².